The Kier molecular flexibility index (Phi) is 4.92. The molecule has 0 aliphatic carbocycles. The lowest BCUT2D eigenvalue weighted by molar-refractivity contribution is 0.466. The van der Waals surface area contributed by atoms with Crippen molar-refractivity contribution in [1.82, 2.24) is 4.98 Å². The molecule has 16 heavy (non-hydrogen) atoms. The van der Waals surface area contributed by atoms with E-state index in [2.05, 4.69) is 10.3 Å². The smallest absolute Gasteiger partial charge is 0.251 e. The van der Waals surface area contributed by atoms with Crippen molar-refractivity contribution in [3.63, 3.8) is 0 Å². The molecule has 0 fully saturated rings. The molecular weight excluding hydrogens is 237 g/mol. The summed E-state index contributed by atoms with van der Waals surface area (Å²) in [6.07, 6.45) is 1.97. The van der Waals surface area contributed by atoms with Crippen LogP contribution in [0.25, 0.3) is 0 Å². The monoisotopic (exact) mass is 250 g/mol. The third-order valence-corrected chi connectivity index (χ3v) is 2.86. The van der Waals surface area contributed by atoms with Gasteiger partial charge < -0.3 is 5.32 Å². The Morgan fingerprint density at radius 3 is 2.69 bits per heavy atom. The third-order valence-electron chi connectivity index (χ3n) is 1.96. The zero-order chi connectivity index (χ0) is 12.1. The lowest BCUT2D eigenvalue weighted by Crippen LogP contribution is -2.15. The summed E-state index contributed by atoms with van der Waals surface area (Å²) in [6.45, 7) is 2.44. The molecule has 1 aromatic heterocycles. The first-order chi connectivity index (χ1) is 7.54. The highest BCUT2D eigenvalue weighted by atomic mass is 32.2. The van der Waals surface area contributed by atoms with E-state index in [1.54, 1.807) is 11.8 Å². The van der Waals surface area contributed by atoms with Crippen LogP contribution in [0.15, 0.2) is 6.07 Å². The number of pyridine rings is 1. The second-order valence-electron chi connectivity index (χ2n) is 3.53. The third kappa shape index (κ3) is 3.59. The molecule has 0 amide bonds. The van der Waals surface area contributed by atoms with E-state index >= 15 is 0 Å². The maximum Gasteiger partial charge on any atom is 0.251 e. The van der Waals surface area contributed by atoms with Crippen LogP contribution in [0.2, 0.25) is 0 Å². The van der Waals surface area contributed by atoms with Crippen LogP contribution >= 0.6 is 11.8 Å². The van der Waals surface area contributed by atoms with E-state index in [4.69, 9.17) is 0 Å². The van der Waals surface area contributed by atoms with Crippen molar-refractivity contribution in [2.75, 3.05) is 23.9 Å². The summed E-state index contributed by atoms with van der Waals surface area (Å²) in [4.78, 5) is 3.17. The molecule has 0 spiro atoms. The Labute approximate surface area is 96.6 Å². The highest BCUT2D eigenvalue weighted by Gasteiger charge is 2.11. The van der Waals surface area contributed by atoms with Crippen LogP contribution in [0.3, 0.4) is 0 Å². The van der Waals surface area contributed by atoms with E-state index in [0.29, 0.717) is 18.5 Å². The Balaban J connectivity index is 2.63. The molecular formula is C10H13F3N2S. The van der Waals surface area contributed by atoms with E-state index in [-0.39, 0.29) is 5.82 Å². The summed E-state index contributed by atoms with van der Waals surface area (Å²) in [6, 6.07) is 0.490. The van der Waals surface area contributed by atoms with Crippen LogP contribution in [-0.4, -0.2) is 23.5 Å². The van der Waals surface area contributed by atoms with E-state index in [9.17, 15) is 13.2 Å². The molecule has 2 nitrogen and oxygen atoms in total. The minimum Gasteiger partial charge on any atom is -0.367 e. The maximum absolute atomic E-state index is 13.1. The molecule has 6 heteroatoms. The van der Waals surface area contributed by atoms with Crippen LogP contribution in [0, 0.1) is 23.5 Å². The van der Waals surface area contributed by atoms with Gasteiger partial charge in [0.1, 0.15) is 0 Å². The lowest BCUT2D eigenvalue weighted by Gasteiger charge is -2.12. The van der Waals surface area contributed by atoms with Gasteiger partial charge in [0.15, 0.2) is 17.5 Å². The van der Waals surface area contributed by atoms with Crippen molar-refractivity contribution in [3.05, 3.63) is 23.6 Å². The Hall–Kier alpha value is -0.910. The van der Waals surface area contributed by atoms with E-state index in [1.165, 1.54) is 0 Å². The second kappa shape index (κ2) is 5.98. The average Bonchev–Trinajstić information content (AvgIpc) is 2.22. The normalized spacial score (nSPS) is 12.6. The molecule has 1 unspecified atom stereocenters. The molecule has 0 aliphatic rings. The van der Waals surface area contributed by atoms with Crippen LogP contribution in [0.5, 0.6) is 0 Å². The fourth-order valence-electron chi connectivity index (χ4n) is 1.18. The van der Waals surface area contributed by atoms with E-state index in [0.717, 1.165) is 5.75 Å². The highest BCUT2D eigenvalue weighted by Crippen LogP contribution is 2.15. The van der Waals surface area contributed by atoms with Crippen molar-refractivity contribution < 1.29 is 13.2 Å². The Bertz CT molecular complexity index is 360. The molecule has 1 N–H and O–H groups in total. The number of halogens is 3. The van der Waals surface area contributed by atoms with Gasteiger partial charge in [-0.15, -0.1) is 0 Å². The molecule has 1 rings (SSSR count). The van der Waals surface area contributed by atoms with Crippen LogP contribution in [-0.2, 0) is 0 Å². The van der Waals surface area contributed by atoms with Gasteiger partial charge in [0.2, 0.25) is 0 Å². The molecule has 0 saturated heterocycles. The number of nitrogens with one attached hydrogen (secondary N) is 1. The Morgan fingerprint density at radius 1 is 1.38 bits per heavy atom. The molecule has 0 aliphatic heterocycles. The number of aromatic nitrogens is 1. The summed E-state index contributed by atoms with van der Waals surface area (Å²) >= 11 is 1.67. The minimum absolute atomic E-state index is 0.244. The summed E-state index contributed by atoms with van der Waals surface area (Å²) in [5, 5.41) is 2.66. The number of rotatable bonds is 5. The Morgan fingerprint density at radius 2 is 2.06 bits per heavy atom. The quantitative estimate of drug-likeness (QED) is 0.813. The fourth-order valence-corrected chi connectivity index (χ4v) is 1.87. The van der Waals surface area contributed by atoms with Gasteiger partial charge in [0.25, 0.3) is 5.95 Å². The van der Waals surface area contributed by atoms with Gasteiger partial charge in [-0.3, -0.25) is 0 Å². The van der Waals surface area contributed by atoms with E-state index in [1.807, 2.05) is 13.2 Å². The molecule has 0 aromatic carbocycles. The number of hydrogen-bond acceptors (Lipinski definition) is 3. The number of thioether (sulfide) groups is 1. The summed E-state index contributed by atoms with van der Waals surface area (Å²) in [5.41, 5.74) is 0. The number of anilines is 1. The van der Waals surface area contributed by atoms with Crippen molar-refractivity contribution in [2.24, 2.45) is 5.92 Å². The van der Waals surface area contributed by atoms with Gasteiger partial charge in [-0.2, -0.15) is 21.1 Å². The zero-order valence-corrected chi connectivity index (χ0v) is 9.87. The van der Waals surface area contributed by atoms with Gasteiger partial charge in [-0.05, 0) is 17.9 Å². The van der Waals surface area contributed by atoms with Crippen molar-refractivity contribution >= 4 is 17.6 Å². The minimum atomic E-state index is -1.29. The standard InChI is InChI=1S/C10H13F3N2S/c1-6(5-16-2)4-14-10-8(12)3-7(11)9(13)15-10/h3,6H,4-5H2,1-2H3,(H,14,15). The number of nitrogens with zero attached hydrogens (tertiary/aromatic N) is 1. The highest BCUT2D eigenvalue weighted by molar-refractivity contribution is 7.98. The molecule has 0 bridgehead atoms. The lowest BCUT2D eigenvalue weighted by atomic mass is 10.2. The summed E-state index contributed by atoms with van der Waals surface area (Å²) < 4.78 is 38.4. The molecule has 0 radical (unpaired) electrons. The molecule has 1 heterocycles. The van der Waals surface area contributed by atoms with Crippen molar-refractivity contribution in [3.8, 4) is 0 Å². The summed E-state index contributed by atoms with van der Waals surface area (Å²) in [5.74, 6) is -2.49. The zero-order valence-electron chi connectivity index (χ0n) is 9.06. The molecule has 1 aromatic rings. The predicted molar refractivity (Wildman–Crippen MR) is 60.1 cm³/mol. The van der Waals surface area contributed by atoms with Gasteiger partial charge in [0.05, 0.1) is 0 Å². The van der Waals surface area contributed by atoms with Crippen LogP contribution < -0.4 is 5.32 Å². The topological polar surface area (TPSA) is 24.9 Å². The predicted octanol–water partition coefficient (Wildman–Crippen LogP) is 2.91. The van der Waals surface area contributed by atoms with Gasteiger partial charge in [0, 0.05) is 12.6 Å². The maximum atomic E-state index is 13.1. The van der Waals surface area contributed by atoms with Crippen molar-refractivity contribution in [2.45, 2.75) is 6.92 Å². The van der Waals surface area contributed by atoms with Gasteiger partial charge in [-0.1, -0.05) is 6.92 Å². The van der Waals surface area contributed by atoms with Gasteiger partial charge >= 0.3 is 0 Å². The molecule has 0 saturated carbocycles. The van der Waals surface area contributed by atoms with Crippen molar-refractivity contribution in [1.29, 1.82) is 0 Å². The number of hydrogen-bond donors (Lipinski definition) is 1. The van der Waals surface area contributed by atoms with Crippen LogP contribution in [0.1, 0.15) is 6.92 Å². The molecule has 1 atom stereocenters. The van der Waals surface area contributed by atoms with Crippen LogP contribution in [0.4, 0.5) is 19.0 Å². The van der Waals surface area contributed by atoms with E-state index < -0.39 is 17.6 Å². The molecule has 90 valence electrons. The summed E-state index contributed by atoms with van der Waals surface area (Å²) in [7, 11) is 0. The second-order valence-corrected chi connectivity index (χ2v) is 4.44. The first kappa shape index (κ1) is 13.2. The fraction of sp³-hybridized carbons (Fsp3) is 0.500. The SMILES string of the molecule is CSCC(C)CNc1nc(F)c(F)cc1F. The first-order valence-electron chi connectivity index (χ1n) is 4.79. The first-order valence-corrected chi connectivity index (χ1v) is 6.18. The largest absolute Gasteiger partial charge is 0.367 e. The average molecular weight is 250 g/mol. The van der Waals surface area contributed by atoms with Gasteiger partial charge in [-0.25, -0.2) is 8.78 Å².